The molecule has 0 heterocycles. The number of rotatable bonds is 26. The van der Waals surface area contributed by atoms with Crippen LogP contribution >= 0.6 is 38.4 Å². The van der Waals surface area contributed by atoms with Crippen LogP contribution in [0.3, 0.4) is 0 Å². The highest BCUT2D eigenvalue weighted by Crippen LogP contribution is 2.70. The van der Waals surface area contributed by atoms with Gasteiger partial charge in [0.15, 0.2) is 0 Å². The molecular weight excluding hydrogens is 653 g/mol. The Bertz CT molecular complexity index is 630. The third-order valence-electron chi connectivity index (χ3n) is 8.57. The average molecular weight is 728 g/mol. The van der Waals surface area contributed by atoms with Gasteiger partial charge in [-0.05, 0) is 59.0 Å². The molecule has 12 heteroatoms. The first kappa shape index (κ1) is 50.2. The fraction of sp³-hybridized carbons (Fsp3) is 1.00. The lowest BCUT2D eigenvalue weighted by Gasteiger charge is -2.40. The second-order valence-corrected chi connectivity index (χ2v) is 19.0. The number of hydrogen-bond donors (Lipinski definition) is 2. The number of alkyl halides is 2. The van der Waals surface area contributed by atoms with Crippen LogP contribution in [0, 0.1) is 0 Å². The van der Waals surface area contributed by atoms with Gasteiger partial charge in [0.05, 0.1) is 52.4 Å². The summed E-state index contributed by atoms with van der Waals surface area (Å²) in [5.74, 6) is 0. The van der Waals surface area contributed by atoms with Crippen LogP contribution < -0.4 is 9.79 Å². The number of unbranched alkanes of at least 4 members (excludes halogenated alkanes) is 8. The minimum absolute atomic E-state index is 1.35. The number of quaternary nitrogens is 2. The Morgan fingerprint density at radius 2 is 0.622 bits per heavy atom. The Labute approximate surface area is 289 Å². The van der Waals surface area contributed by atoms with E-state index >= 15 is 0 Å². The maximum absolute atomic E-state index is 10.2. The van der Waals surface area contributed by atoms with E-state index in [2.05, 4.69) is 78.6 Å². The molecule has 0 atom stereocenters. The molecule has 0 fully saturated rings. The first-order valence-electron chi connectivity index (χ1n) is 18.1. The molecule has 8 nitrogen and oxygen atoms in total. The molecule has 45 heavy (non-hydrogen) atoms. The molecule has 0 aromatic carbocycles. The van der Waals surface area contributed by atoms with Crippen LogP contribution in [-0.4, -0.2) is 74.9 Å². The molecule has 0 aliphatic carbocycles. The maximum Gasteiger partial charge on any atom is 0.366 e. The van der Waals surface area contributed by atoms with Gasteiger partial charge in [0, 0.05) is 0 Å². The molecule has 0 radical (unpaired) electrons. The van der Waals surface area contributed by atoms with Gasteiger partial charge in [-0.3, -0.25) is 4.57 Å². The summed E-state index contributed by atoms with van der Waals surface area (Å²) in [7, 11) is -11.1. The summed E-state index contributed by atoms with van der Waals surface area (Å²) in [6, 6.07) is 0. The zero-order chi connectivity index (χ0) is 35.5. The predicted molar refractivity (Wildman–Crippen MR) is 193 cm³/mol. The van der Waals surface area contributed by atoms with E-state index in [1.807, 2.05) is 0 Å². The van der Waals surface area contributed by atoms with E-state index in [4.69, 9.17) is 9.79 Å². The largest absolute Gasteiger partial charge is 0.808 e. The summed E-state index contributed by atoms with van der Waals surface area (Å²) in [5, 5.41) is 0. The van der Waals surface area contributed by atoms with E-state index in [9.17, 15) is 18.9 Å². The van der Waals surface area contributed by atoms with Crippen molar-refractivity contribution in [2.75, 3.05) is 52.4 Å². The van der Waals surface area contributed by atoms with Crippen molar-refractivity contribution in [3.05, 3.63) is 0 Å². The fourth-order valence-electron chi connectivity index (χ4n) is 5.45. The first-order chi connectivity index (χ1) is 21.0. The SMILES string of the molecule is CCCC[N+](CCCC)(CCCC)CCCC.CCCC[N+](CCCC)(CCCC)CCCC.O=P([O-])([O-])C(Cl)(Cl)P(=O)(O)O. The molecular formula is C33H74Cl2N2O6P2. The summed E-state index contributed by atoms with van der Waals surface area (Å²) >= 11 is 9.21. The van der Waals surface area contributed by atoms with Crippen LogP contribution in [0.15, 0.2) is 0 Å². The van der Waals surface area contributed by atoms with Crippen LogP contribution in [0.2, 0.25) is 0 Å². The molecule has 0 unspecified atom stereocenters. The predicted octanol–water partition coefficient (Wildman–Crippen LogP) is 9.17. The van der Waals surface area contributed by atoms with Crippen molar-refractivity contribution in [2.45, 2.75) is 162 Å². The molecule has 0 spiro atoms. The quantitative estimate of drug-likeness (QED) is 0.0521. The molecule has 0 saturated heterocycles. The summed E-state index contributed by atoms with van der Waals surface area (Å²) in [5.41, 5.74) is 0. The molecule has 0 bridgehead atoms. The highest BCUT2D eigenvalue weighted by Gasteiger charge is 2.47. The van der Waals surface area contributed by atoms with E-state index in [-0.39, 0.29) is 0 Å². The summed E-state index contributed by atoms with van der Waals surface area (Å²) < 4.78 is 19.4. The van der Waals surface area contributed by atoms with Crippen molar-refractivity contribution >= 4 is 38.4 Å². The van der Waals surface area contributed by atoms with Crippen LogP contribution in [0.25, 0.3) is 0 Å². The Kier molecular flexibility index (Phi) is 31.9. The third kappa shape index (κ3) is 23.7. The molecule has 0 aromatic heterocycles. The van der Waals surface area contributed by atoms with Gasteiger partial charge < -0.3 is 33.1 Å². The van der Waals surface area contributed by atoms with E-state index in [0.29, 0.717) is 0 Å². The Morgan fingerprint density at radius 1 is 0.467 bits per heavy atom. The van der Waals surface area contributed by atoms with E-state index < -0.39 is 19.0 Å². The monoisotopic (exact) mass is 726 g/mol. The van der Waals surface area contributed by atoms with Crippen molar-refractivity contribution in [2.24, 2.45) is 0 Å². The second-order valence-electron chi connectivity index (χ2n) is 12.9. The Morgan fingerprint density at radius 3 is 0.689 bits per heavy atom. The van der Waals surface area contributed by atoms with Crippen molar-refractivity contribution in [3.63, 3.8) is 0 Å². The number of halogens is 2. The first-order valence-corrected chi connectivity index (χ1v) is 22.1. The normalized spacial score (nSPS) is 12.8. The highest BCUT2D eigenvalue weighted by atomic mass is 35.5. The van der Waals surface area contributed by atoms with Gasteiger partial charge in [-0.2, -0.15) is 0 Å². The number of nitrogens with zero attached hydrogens (tertiary/aromatic N) is 2. The lowest BCUT2D eigenvalue weighted by Crippen LogP contribution is -2.50. The van der Waals surface area contributed by atoms with Gasteiger partial charge in [0.25, 0.3) is 0 Å². The Hall–Kier alpha value is 0.800. The van der Waals surface area contributed by atoms with Gasteiger partial charge in [0.2, 0.25) is 3.82 Å². The lowest BCUT2D eigenvalue weighted by molar-refractivity contribution is -0.929. The number of hydrogen-bond acceptors (Lipinski definition) is 4. The Balaban J connectivity index is -0.000000604. The van der Waals surface area contributed by atoms with E-state index in [1.165, 1.54) is 164 Å². The topological polar surface area (TPSA) is 121 Å². The van der Waals surface area contributed by atoms with Crippen molar-refractivity contribution in [3.8, 4) is 0 Å². The molecule has 0 saturated carbocycles. The minimum atomic E-state index is -5.72. The molecule has 0 aromatic rings. The minimum Gasteiger partial charge on any atom is -0.808 e. The summed E-state index contributed by atoms with van der Waals surface area (Å²) in [6.07, 6.45) is 22.1. The second kappa shape index (κ2) is 28.6. The van der Waals surface area contributed by atoms with Crippen molar-refractivity contribution in [1.29, 1.82) is 0 Å². The average Bonchev–Trinajstić information content (AvgIpc) is 2.99. The van der Waals surface area contributed by atoms with Crippen molar-refractivity contribution < 1.29 is 37.7 Å². The molecule has 0 aliphatic rings. The van der Waals surface area contributed by atoms with Gasteiger partial charge >= 0.3 is 7.60 Å². The van der Waals surface area contributed by atoms with E-state index in [0.717, 1.165) is 0 Å². The molecule has 0 rings (SSSR count). The molecule has 0 amide bonds. The van der Waals surface area contributed by atoms with Gasteiger partial charge in [-0.25, -0.2) is 0 Å². The fourth-order valence-corrected chi connectivity index (χ4v) is 6.73. The van der Waals surface area contributed by atoms with Crippen LogP contribution in [0.1, 0.15) is 158 Å². The van der Waals surface area contributed by atoms with Crippen LogP contribution in [0.5, 0.6) is 0 Å². The third-order valence-corrected chi connectivity index (χ3v) is 14.0. The standard InChI is InChI=1S/2C16H36N.CH4Cl2O6P2/c2*1-5-9-13-17(14-10-6-2,15-11-7-3)16-12-8-4;2-1(3,10(4,5)6)11(7,8)9/h2*5-16H2,1-4H3;(H2,4,5,6)(H2,7,8,9)/q2*+1;/p-2. The van der Waals surface area contributed by atoms with Gasteiger partial charge in [-0.15, -0.1) is 0 Å². The van der Waals surface area contributed by atoms with Crippen LogP contribution in [-0.2, 0) is 9.13 Å². The summed E-state index contributed by atoms with van der Waals surface area (Å²) in [4.78, 5) is 36.3. The molecule has 276 valence electrons. The molecule has 2 N–H and O–H groups in total. The summed E-state index contributed by atoms with van der Waals surface area (Å²) in [6.45, 7) is 30.0. The highest BCUT2D eigenvalue weighted by molar-refractivity contribution is 7.77. The lowest BCUT2D eigenvalue weighted by atomic mass is 10.1. The van der Waals surface area contributed by atoms with E-state index in [1.54, 1.807) is 0 Å². The zero-order valence-electron chi connectivity index (χ0n) is 30.5. The van der Waals surface area contributed by atoms with Gasteiger partial charge in [0.1, 0.15) is 0 Å². The van der Waals surface area contributed by atoms with Gasteiger partial charge in [-0.1, -0.05) is 130 Å². The van der Waals surface area contributed by atoms with Crippen LogP contribution in [0.4, 0.5) is 0 Å². The maximum atomic E-state index is 10.2. The molecule has 0 aliphatic heterocycles. The smallest absolute Gasteiger partial charge is 0.366 e. The zero-order valence-corrected chi connectivity index (χ0v) is 33.8. The van der Waals surface area contributed by atoms with Crippen molar-refractivity contribution in [1.82, 2.24) is 0 Å².